The molecule has 0 saturated heterocycles. The average molecular weight is 613 g/mol. The Labute approximate surface area is 280 Å². The SMILES string of the molecule is c1ccc(N(c2ccc(-c3ccc4ccccc4c3)cc2)c2cccc(-c3ccc(-n4c5ccccc5c5ccccc54)cc3)c2)cc1. The molecule has 1 heterocycles. The number of rotatable bonds is 6. The molecule has 1 aromatic heterocycles. The monoisotopic (exact) mass is 612 g/mol. The highest BCUT2D eigenvalue weighted by Crippen LogP contribution is 2.38. The number of hydrogen-bond donors (Lipinski definition) is 0. The van der Waals surface area contributed by atoms with Crippen LogP contribution < -0.4 is 4.90 Å². The Balaban J connectivity index is 1.07. The van der Waals surface area contributed by atoms with Gasteiger partial charge in [-0.05, 0) is 99.8 Å². The number of para-hydroxylation sites is 3. The van der Waals surface area contributed by atoms with Gasteiger partial charge in [0.15, 0.2) is 0 Å². The smallest absolute Gasteiger partial charge is 0.0541 e. The van der Waals surface area contributed by atoms with E-state index in [2.05, 4.69) is 204 Å². The lowest BCUT2D eigenvalue weighted by molar-refractivity contribution is 1.18. The van der Waals surface area contributed by atoms with E-state index >= 15 is 0 Å². The maximum atomic E-state index is 2.36. The minimum Gasteiger partial charge on any atom is -0.310 e. The Morgan fingerprint density at radius 3 is 1.54 bits per heavy atom. The van der Waals surface area contributed by atoms with E-state index in [-0.39, 0.29) is 0 Å². The standard InChI is InChI=1S/C46H32N2/c1-2-14-39(15-3-1)47(40-27-23-35(24-28-40)38-22-21-33-11-4-5-12-36(33)31-38)42-16-10-13-37(32-42)34-25-29-41(30-26-34)48-45-19-8-6-17-43(45)44-18-7-9-20-46(44)48/h1-32H. The topological polar surface area (TPSA) is 8.17 Å². The molecular formula is C46H32N2. The third-order valence-corrected chi connectivity index (χ3v) is 9.37. The van der Waals surface area contributed by atoms with Gasteiger partial charge in [-0.15, -0.1) is 0 Å². The lowest BCUT2D eigenvalue weighted by Gasteiger charge is -2.26. The van der Waals surface area contributed by atoms with Gasteiger partial charge in [-0.25, -0.2) is 0 Å². The largest absolute Gasteiger partial charge is 0.310 e. The molecule has 0 saturated carbocycles. The summed E-state index contributed by atoms with van der Waals surface area (Å²) in [6.45, 7) is 0. The van der Waals surface area contributed by atoms with Gasteiger partial charge in [0, 0.05) is 33.5 Å². The number of benzene rings is 8. The zero-order valence-electron chi connectivity index (χ0n) is 26.4. The van der Waals surface area contributed by atoms with Crippen LogP contribution in [0.15, 0.2) is 194 Å². The number of hydrogen-bond acceptors (Lipinski definition) is 1. The fraction of sp³-hybridized carbons (Fsp3) is 0. The molecule has 9 aromatic rings. The van der Waals surface area contributed by atoms with Crippen LogP contribution in [0.25, 0.3) is 60.5 Å². The quantitative estimate of drug-likeness (QED) is 0.181. The Kier molecular flexibility index (Phi) is 6.84. The molecule has 0 radical (unpaired) electrons. The fourth-order valence-electron chi connectivity index (χ4n) is 7.02. The first-order valence-electron chi connectivity index (χ1n) is 16.4. The van der Waals surface area contributed by atoms with Gasteiger partial charge in [-0.1, -0.05) is 127 Å². The molecule has 0 unspecified atom stereocenters. The van der Waals surface area contributed by atoms with Crippen LogP contribution in [0.1, 0.15) is 0 Å². The molecule has 0 spiro atoms. The van der Waals surface area contributed by atoms with Crippen molar-refractivity contribution in [2.24, 2.45) is 0 Å². The maximum absolute atomic E-state index is 2.36. The first-order valence-corrected chi connectivity index (χ1v) is 16.4. The fourth-order valence-corrected chi connectivity index (χ4v) is 7.02. The zero-order valence-corrected chi connectivity index (χ0v) is 26.4. The maximum Gasteiger partial charge on any atom is 0.0541 e. The molecule has 48 heavy (non-hydrogen) atoms. The molecule has 226 valence electrons. The Morgan fingerprint density at radius 1 is 0.312 bits per heavy atom. The van der Waals surface area contributed by atoms with Crippen molar-refractivity contribution in [3.8, 4) is 27.9 Å². The predicted molar refractivity (Wildman–Crippen MR) is 204 cm³/mol. The van der Waals surface area contributed by atoms with E-state index in [0.29, 0.717) is 0 Å². The molecule has 0 fully saturated rings. The van der Waals surface area contributed by atoms with E-state index in [0.717, 1.165) is 22.7 Å². The number of aromatic nitrogens is 1. The van der Waals surface area contributed by atoms with Gasteiger partial charge in [0.1, 0.15) is 0 Å². The lowest BCUT2D eigenvalue weighted by Crippen LogP contribution is -2.09. The number of fused-ring (bicyclic) bond motifs is 4. The normalized spacial score (nSPS) is 11.3. The summed E-state index contributed by atoms with van der Waals surface area (Å²) in [5, 5.41) is 5.06. The van der Waals surface area contributed by atoms with Crippen LogP contribution in [0, 0.1) is 0 Å². The van der Waals surface area contributed by atoms with E-state index < -0.39 is 0 Å². The van der Waals surface area contributed by atoms with E-state index in [1.165, 1.54) is 54.8 Å². The summed E-state index contributed by atoms with van der Waals surface area (Å²) in [6.07, 6.45) is 0. The van der Waals surface area contributed by atoms with Gasteiger partial charge in [0.2, 0.25) is 0 Å². The molecule has 2 heteroatoms. The number of nitrogens with zero attached hydrogens (tertiary/aromatic N) is 2. The molecule has 0 N–H and O–H groups in total. The molecule has 2 nitrogen and oxygen atoms in total. The molecule has 0 aliphatic heterocycles. The van der Waals surface area contributed by atoms with Crippen molar-refractivity contribution < 1.29 is 0 Å². The lowest BCUT2D eigenvalue weighted by atomic mass is 10.0. The highest BCUT2D eigenvalue weighted by Gasteiger charge is 2.15. The second kappa shape index (κ2) is 11.8. The van der Waals surface area contributed by atoms with Crippen LogP contribution in [0.4, 0.5) is 17.1 Å². The third kappa shape index (κ3) is 4.92. The van der Waals surface area contributed by atoms with Crippen LogP contribution in [0.2, 0.25) is 0 Å². The van der Waals surface area contributed by atoms with E-state index in [1.807, 2.05) is 0 Å². The van der Waals surface area contributed by atoms with E-state index in [1.54, 1.807) is 0 Å². The third-order valence-electron chi connectivity index (χ3n) is 9.37. The van der Waals surface area contributed by atoms with Crippen molar-refractivity contribution in [1.29, 1.82) is 0 Å². The molecule has 8 aromatic carbocycles. The first-order chi connectivity index (χ1) is 23.8. The average Bonchev–Trinajstić information content (AvgIpc) is 3.50. The summed E-state index contributed by atoms with van der Waals surface area (Å²) < 4.78 is 2.36. The van der Waals surface area contributed by atoms with Gasteiger partial charge in [-0.3, -0.25) is 0 Å². The summed E-state index contributed by atoms with van der Waals surface area (Å²) in [7, 11) is 0. The molecule has 9 rings (SSSR count). The molecule has 0 amide bonds. The molecular weight excluding hydrogens is 581 g/mol. The predicted octanol–water partition coefficient (Wildman–Crippen LogP) is 12.7. The van der Waals surface area contributed by atoms with Crippen molar-refractivity contribution in [3.63, 3.8) is 0 Å². The van der Waals surface area contributed by atoms with Crippen LogP contribution in [-0.2, 0) is 0 Å². The van der Waals surface area contributed by atoms with Crippen LogP contribution in [-0.4, -0.2) is 4.57 Å². The van der Waals surface area contributed by atoms with Crippen LogP contribution >= 0.6 is 0 Å². The second-order valence-electron chi connectivity index (χ2n) is 12.2. The van der Waals surface area contributed by atoms with Crippen molar-refractivity contribution in [2.75, 3.05) is 4.90 Å². The zero-order chi connectivity index (χ0) is 31.9. The number of anilines is 3. The van der Waals surface area contributed by atoms with Crippen LogP contribution in [0.5, 0.6) is 0 Å². The van der Waals surface area contributed by atoms with Crippen molar-refractivity contribution in [1.82, 2.24) is 4.57 Å². The molecule has 0 aliphatic carbocycles. The van der Waals surface area contributed by atoms with E-state index in [9.17, 15) is 0 Å². The summed E-state index contributed by atoms with van der Waals surface area (Å²) in [4.78, 5) is 2.33. The summed E-state index contributed by atoms with van der Waals surface area (Å²) in [5.74, 6) is 0. The highest BCUT2D eigenvalue weighted by atomic mass is 15.1. The van der Waals surface area contributed by atoms with Gasteiger partial charge in [0.05, 0.1) is 11.0 Å². The molecule has 0 atom stereocenters. The molecule has 0 bridgehead atoms. The van der Waals surface area contributed by atoms with Crippen molar-refractivity contribution in [3.05, 3.63) is 194 Å². The second-order valence-corrected chi connectivity index (χ2v) is 12.2. The van der Waals surface area contributed by atoms with Gasteiger partial charge >= 0.3 is 0 Å². The minimum absolute atomic E-state index is 1.11. The van der Waals surface area contributed by atoms with Crippen molar-refractivity contribution in [2.45, 2.75) is 0 Å². The van der Waals surface area contributed by atoms with E-state index in [4.69, 9.17) is 0 Å². The van der Waals surface area contributed by atoms with Crippen molar-refractivity contribution >= 4 is 49.6 Å². The molecule has 0 aliphatic rings. The highest BCUT2D eigenvalue weighted by molar-refractivity contribution is 6.09. The summed E-state index contributed by atoms with van der Waals surface area (Å²) >= 11 is 0. The Morgan fingerprint density at radius 2 is 0.833 bits per heavy atom. The Hall–Kier alpha value is -6.38. The Bertz CT molecular complexity index is 2490. The first kappa shape index (κ1) is 27.9. The van der Waals surface area contributed by atoms with Crippen LogP contribution in [0.3, 0.4) is 0 Å². The minimum atomic E-state index is 1.11. The summed E-state index contributed by atoms with van der Waals surface area (Å²) in [5.41, 5.74) is 11.7. The van der Waals surface area contributed by atoms with Gasteiger partial charge in [-0.2, -0.15) is 0 Å². The van der Waals surface area contributed by atoms with Gasteiger partial charge in [0.25, 0.3) is 0 Å². The summed E-state index contributed by atoms with van der Waals surface area (Å²) in [6, 6.07) is 69.8. The van der Waals surface area contributed by atoms with Gasteiger partial charge < -0.3 is 9.47 Å².